The van der Waals surface area contributed by atoms with Crippen molar-refractivity contribution in [2.75, 3.05) is 12.4 Å². The normalized spacial score (nSPS) is 16.9. The second-order valence-corrected chi connectivity index (χ2v) is 4.57. The molecule has 2 nitrogen and oxygen atoms in total. The standard InChI is InChI=1S/C13H18FNO/c1-9(7-10-3-4-10)15-12-8-11(14)5-6-13(12)16-2/h5-6,8-10,15H,3-4,7H2,1-2H3. The first-order chi connectivity index (χ1) is 7.69. The van der Waals surface area contributed by atoms with Gasteiger partial charge < -0.3 is 10.1 Å². The van der Waals surface area contributed by atoms with Gasteiger partial charge in [0.25, 0.3) is 0 Å². The Labute approximate surface area is 95.8 Å². The van der Waals surface area contributed by atoms with E-state index in [2.05, 4.69) is 12.2 Å². The largest absolute Gasteiger partial charge is 0.495 e. The van der Waals surface area contributed by atoms with Crippen LogP contribution in [0.5, 0.6) is 5.75 Å². The molecule has 1 N–H and O–H groups in total. The predicted octanol–water partition coefficient (Wildman–Crippen LogP) is 3.43. The smallest absolute Gasteiger partial charge is 0.142 e. The Morgan fingerprint density at radius 2 is 2.25 bits per heavy atom. The summed E-state index contributed by atoms with van der Waals surface area (Å²) in [6, 6.07) is 4.92. The molecule has 3 heteroatoms. The van der Waals surface area contributed by atoms with E-state index in [1.165, 1.54) is 25.0 Å². The van der Waals surface area contributed by atoms with E-state index >= 15 is 0 Å². The van der Waals surface area contributed by atoms with Gasteiger partial charge in [0.2, 0.25) is 0 Å². The van der Waals surface area contributed by atoms with Crippen LogP contribution in [0, 0.1) is 11.7 Å². The van der Waals surface area contributed by atoms with Gasteiger partial charge in [-0.15, -0.1) is 0 Å². The molecule has 1 unspecified atom stereocenters. The first-order valence-corrected chi connectivity index (χ1v) is 5.79. The fraction of sp³-hybridized carbons (Fsp3) is 0.538. The molecule has 16 heavy (non-hydrogen) atoms. The fourth-order valence-electron chi connectivity index (χ4n) is 1.97. The van der Waals surface area contributed by atoms with Crippen molar-refractivity contribution in [3.8, 4) is 5.75 Å². The molecule has 1 saturated carbocycles. The van der Waals surface area contributed by atoms with Gasteiger partial charge in [0.1, 0.15) is 11.6 Å². The second-order valence-electron chi connectivity index (χ2n) is 4.57. The summed E-state index contributed by atoms with van der Waals surface area (Å²) in [7, 11) is 1.60. The van der Waals surface area contributed by atoms with Gasteiger partial charge in [-0.05, 0) is 31.4 Å². The minimum absolute atomic E-state index is 0.234. The monoisotopic (exact) mass is 223 g/mol. The van der Waals surface area contributed by atoms with Crippen LogP contribution in [0.4, 0.5) is 10.1 Å². The van der Waals surface area contributed by atoms with E-state index in [-0.39, 0.29) is 5.82 Å². The van der Waals surface area contributed by atoms with Crippen LogP contribution < -0.4 is 10.1 Å². The molecule has 0 aliphatic heterocycles. The van der Waals surface area contributed by atoms with Crippen LogP contribution >= 0.6 is 0 Å². The van der Waals surface area contributed by atoms with E-state index in [1.807, 2.05) is 0 Å². The number of hydrogen-bond donors (Lipinski definition) is 1. The molecule has 0 amide bonds. The molecule has 0 heterocycles. The van der Waals surface area contributed by atoms with Gasteiger partial charge in [0.05, 0.1) is 12.8 Å². The third-order valence-corrected chi connectivity index (χ3v) is 2.95. The summed E-state index contributed by atoms with van der Waals surface area (Å²) in [5.41, 5.74) is 0.746. The number of nitrogens with one attached hydrogen (secondary N) is 1. The Balaban J connectivity index is 2.02. The summed E-state index contributed by atoms with van der Waals surface area (Å²) < 4.78 is 18.3. The minimum atomic E-state index is -0.234. The zero-order chi connectivity index (χ0) is 11.5. The van der Waals surface area contributed by atoms with Gasteiger partial charge in [-0.25, -0.2) is 4.39 Å². The lowest BCUT2D eigenvalue weighted by Gasteiger charge is -2.17. The van der Waals surface area contributed by atoms with Crippen molar-refractivity contribution in [3.63, 3.8) is 0 Å². The molecule has 1 atom stereocenters. The van der Waals surface area contributed by atoms with Crippen molar-refractivity contribution in [1.29, 1.82) is 0 Å². The maximum atomic E-state index is 13.1. The molecular formula is C13H18FNO. The highest BCUT2D eigenvalue weighted by atomic mass is 19.1. The van der Waals surface area contributed by atoms with Crippen molar-refractivity contribution >= 4 is 5.69 Å². The highest BCUT2D eigenvalue weighted by Gasteiger charge is 2.23. The van der Waals surface area contributed by atoms with Gasteiger partial charge in [0, 0.05) is 12.1 Å². The molecule has 0 aromatic heterocycles. The zero-order valence-corrected chi connectivity index (χ0v) is 9.79. The van der Waals surface area contributed by atoms with Gasteiger partial charge in [-0.1, -0.05) is 12.8 Å². The van der Waals surface area contributed by atoms with Crippen molar-refractivity contribution in [2.45, 2.75) is 32.2 Å². The highest BCUT2D eigenvalue weighted by Crippen LogP contribution is 2.35. The SMILES string of the molecule is COc1ccc(F)cc1NC(C)CC1CC1. The van der Waals surface area contributed by atoms with Crippen LogP contribution in [0.2, 0.25) is 0 Å². The topological polar surface area (TPSA) is 21.3 Å². The van der Waals surface area contributed by atoms with Crippen molar-refractivity contribution < 1.29 is 9.13 Å². The summed E-state index contributed by atoms with van der Waals surface area (Å²) in [5, 5.41) is 3.31. The second kappa shape index (κ2) is 4.73. The number of halogens is 1. The average molecular weight is 223 g/mol. The highest BCUT2D eigenvalue weighted by molar-refractivity contribution is 5.56. The molecule has 1 aromatic rings. The van der Waals surface area contributed by atoms with Gasteiger partial charge in [0.15, 0.2) is 0 Å². The molecule has 0 saturated heterocycles. The molecule has 88 valence electrons. The van der Waals surface area contributed by atoms with Crippen LogP contribution in [0.3, 0.4) is 0 Å². The molecule has 1 aliphatic carbocycles. The minimum Gasteiger partial charge on any atom is -0.495 e. The van der Waals surface area contributed by atoms with Crippen LogP contribution in [0.1, 0.15) is 26.2 Å². The summed E-state index contributed by atoms with van der Waals surface area (Å²) in [6.45, 7) is 2.13. The lowest BCUT2D eigenvalue weighted by atomic mass is 10.1. The van der Waals surface area contributed by atoms with Crippen LogP contribution in [0.25, 0.3) is 0 Å². The lowest BCUT2D eigenvalue weighted by Crippen LogP contribution is -2.16. The van der Waals surface area contributed by atoms with E-state index in [4.69, 9.17) is 4.74 Å². The number of hydrogen-bond acceptors (Lipinski definition) is 2. The molecule has 1 aliphatic rings. The van der Waals surface area contributed by atoms with Crippen LogP contribution in [0.15, 0.2) is 18.2 Å². The fourth-order valence-corrected chi connectivity index (χ4v) is 1.97. The molecule has 0 bridgehead atoms. The molecule has 1 fully saturated rings. The average Bonchev–Trinajstić information content (AvgIpc) is 3.02. The Kier molecular flexibility index (Phi) is 3.32. The maximum absolute atomic E-state index is 13.1. The van der Waals surface area contributed by atoms with E-state index in [0.29, 0.717) is 11.8 Å². The third-order valence-electron chi connectivity index (χ3n) is 2.95. The van der Waals surface area contributed by atoms with Crippen molar-refractivity contribution in [3.05, 3.63) is 24.0 Å². The molecule has 0 radical (unpaired) electrons. The van der Waals surface area contributed by atoms with E-state index in [1.54, 1.807) is 13.2 Å². The predicted molar refractivity (Wildman–Crippen MR) is 63.4 cm³/mol. The number of anilines is 1. The van der Waals surface area contributed by atoms with Gasteiger partial charge in [-0.3, -0.25) is 0 Å². The lowest BCUT2D eigenvalue weighted by molar-refractivity contribution is 0.414. The van der Waals surface area contributed by atoms with Crippen molar-refractivity contribution in [2.24, 2.45) is 5.92 Å². The first kappa shape index (κ1) is 11.2. The number of rotatable bonds is 5. The Bertz CT molecular complexity index is 363. The van der Waals surface area contributed by atoms with Crippen molar-refractivity contribution in [1.82, 2.24) is 0 Å². The third kappa shape index (κ3) is 2.87. The molecular weight excluding hydrogens is 205 g/mol. The Morgan fingerprint density at radius 3 is 2.88 bits per heavy atom. The zero-order valence-electron chi connectivity index (χ0n) is 9.79. The molecule has 1 aromatic carbocycles. The maximum Gasteiger partial charge on any atom is 0.142 e. The first-order valence-electron chi connectivity index (χ1n) is 5.79. The Hall–Kier alpha value is -1.25. The van der Waals surface area contributed by atoms with Crippen LogP contribution in [-0.2, 0) is 0 Å². The van der Waals surface area contributed by atoms with E-state index < -0.39 is 0 Å². The molecule has 2 rings (SSSR count). The van der Waals surface area contributed by atoms with Gasteiger partial charge in [-0.2, -0.15) is 0 Å². The van der Waals surface area contributed by atoms with E-state index in [0.717, 1.165) is 18.0 Å². The molecule has 0 spiro atoms. The quantitative estimate of drug-likeness (QED) is 0.825. The van der Waals surface area contributed by atoms with E-state index in [9.17, 15) is 4.39 Å². The number of ether oxygens (including phenoxy) is 1. The van der Waals surface area contributed by atoms with Gasteiger partial charge >= 0.3 is 0 Å². The number of methoxy groups -OCH3 is 1. The van der Waals surface area contributed by atoms with Crippen LogP contribution in [-0.4, -0.2) is 13.2 Å². The number of benzene rings is 1. The summed E-state index contributed by atoms with van der Waals surface area (Å²) in [4.78, 5) is 0. The summed E-state index contributed by atoms with van der Waals surface area (Å²) in [6.07, 6.45) is 3.83. The summed E-state index contributed by atoms with van der Waals surface area (Å²) in [5.74, 6) is 1.33. The Morgan fingerprint density at radius 1 is 1.50 bits per heavy atom. The summed E-state index contributed by atoms with van der Waals surface area (Å²) >= 11 is 0.